The van der Waals surface area contributed by atoms with Crippen LogP contribution < -0.4 is 11.1 Å². The number of nitrogens with two attached hydrogens (primary N) is 1. The highest BCUT2D eigenvalue weighted by atomic mass is 16.6. The van der Waals surface area contributed by atoms with Crippen molar-refractivity contribution < 1.29 is 23.8 Å². The first kappa shape index (κ1) is 34.0. The minimum atomic E-state index is -0.441. The van der Waals surface area contributed by atoms with Crippen LogP contribution in [0.15, 0.2) is 5.11 Å². The van der Waals surface area contributed by atoms with Crippen molar-refractivity contribution >= 4 is 11.9 Å². The van der Waals surface area contributed by atoms with Gasteiger partial charge in [-0.2, -0.15) is 0 Å². The first-order valence-electron chi connectivity index (χ1n) is 17.0. The molecule has 0 aromatic heterocycles. The van der Waals surface area contributed by atoms with E-state index in [9.17, 15) is 9.59 Å². The lowest BCUT2D eigenvalue weighted by atomic mass is 9.44. The van der Waals surface area contributed by atoms with E-state index in [-0.39, 0.29) is 24.5 Å². The van der Waals surface area contributed by atoms with Gasteiger partial charge < -0.3 is 25.3 Å². The van der Waals surface area contributed by atoms with Crippen molar-refractivity contribution in [1.82, 2.24) is 5.32 Å². The largest absolute Gasteiger partial charge is 0.463 e. The standard InChI is InChI=1S/C33H57N5O5/c1-22(5-10-30(39)43-20-19-42-18-17-41-16-15-36-38-35)27-8-9-28-26-7-6-24-21-25(37-31(40)23(2)34)11-13-32(24,3)29(26)12-14-33(27,28)4/h22-29H,5-21,34H2,1-4H3,(H,37,40)/t22-,23+,24-,25-,26?,27?,28?,29?,32+,33-/m1/s1. The Balaban J connectivity index is 1.19. The topological polar surface area (TPSA) is 149 Å². The summed E-state index contributed by atoms with van der Waals surface area (Å²) < 4.78 is 16.2. The van der Waals surface area contributed by atoms with Crippen LogP contribution >= 0.6 is 0 Å². The number of rotatable bonds is 15. The maximum atomic E-state index is 12.5. The van der Waals surface area contributed by atoms with Crippen molar-refractivity contribution in [2.75, 3.05) is 39.6 Å². The highest BCUT2D eigenvalue weighted by Gasteiger charge is 2.60. The minimum Gasteiger partial charge on any atom is -0.463 e. The average Bonchev–Trinajstić information content (AvgIpc) is 3.34. The summed E-state index contributed by atoms with van der Waals surface area (Å²) in [5.74, 6) is 4.13. The fourth-order valence-electron chi connectivity index (χ4n) is 10.0. The summed E-state index contributed by atoms with van der Waals surface area (Å²) in [6.45, 7) is 11.4. The fraction of sp³-hybridized carbons (Fsp3) is 0.939. The van der Waals surface area contributed by atoms with E-state index in [2.05, 4.69) is 36.1 Å². The molecule has 0 bridgehead atoms. The van der Waals surface area contributed by atoms with Gasteiger partial charge in [0.05, 0.1) is 32.5 Å². The van der Waals surface area contributed by atoms with Crippen LogP contribution in [0.3, 0.4) is 0 Å². The lowest BCUT2D eigenvalue weighted by Gasteiger charge is -2.61. The summed E-state index contributed by atoms with van der Waals surface area (Å²) >= 11 is 0. The van der Waals surface area contributed by atoms with Crippen LogP contribution in [0, 0.1) is 46.3 Å². The van der Waals surface area contributed by atoms with Gasteiger partial charge in [-0.3, -0.25) is 9.59 Å². The molecule has 0 aromatic carbocycles. The monoisotopic (exact) mass is 603 g/mol. The molecule has 4 saturated carbocycles. The summed E-state index contributed by atoms with van der Waals surface area (Å²) in [7, 11) is 0. The molecule has 10 atom stereocenters. The van der Waals surface area contributed by atoms with E-state index < -0.39 is 6.04 Å². The number of nitrogens with zero attached hydrogens (tertiary/aromatic N) is 3. The van der Waals surface area contributed by atoms with Crippen molar-refractivity contribution in [2.45, 2.75) is 110 Å². The number of fused-ring (bicyclic) bond motifs is 5. The van der Waals surface area contributed by atoms with E-state index in [1.807, 2.05) is 0 Å². The molecule has 0 aromatic rings. The quantitative estimate of drug-likeness (QED) is 0.0797. The van der Waals surface area contributed by atoms with Crippen molar-refractivity contribution in [1.29, 1.82) is 0 Å². The molecule has 0 radical (unpaired) electrons. The minimum absolute atomic E-state index is 0.0115. The molecule has 3 N–H and O–H groups in total. The molecular weight excluding hydrogens is 546 g/mol. The Morgan fingerprint density at radius 3 is 2.40 bits per heavy atom. The lowest BCUT2D eigenvalue weighted by Crippen LogP contribution is -2.56. The van der Waals surface area contributed by atoms with E-state index in [0.29, 0.717) is 68.0 Å². The van der Waals surface area contributed by atoms with Gasteiger partial charge in [0.25, 0.3) is 0 Å². The van der Waals surface area contributed by atoms with Gasteiger partial charge in [0.2, 0.25) is 5.91 Å². The molecule has 0 saturated heterocycles. The van der Waals surface area contributed by atoms with Crippen molar-refractivity contribution in [3.05, 3.63) is 10.4 Å². The number of nitrogens with one attached hydrogen (secondary N) is 1. The van der Waals surface area contributed by atoms with Gasteiger partial charge in [0, 0.05) is 23.9 Å². The van der Waals surface area contributed by atoms with E-state index in [0.717, 1.165) is 37.0 Å². The predicted octanol–water partition coefficient (Wildman–Crippen LogP) is 5.78. The number of amides is 1. The van der Waals surface area contributed by atoms with Gasteiger partial charge >= 0.3 is 5.97 Å². The highest BCUT2D eigenvalue weighted by molar-refractivity contribution is 5.81. The van der Waals surface area contributed by atoms with Crippen molar-refractivity contribution in [3.8, 4) is 0 Å². The molecule has 4 unspecified atom stereocenters. The molecule has 1 amide bonds. The van der Waals surface area contributed by atoms with Crippen LogP contribution in [-0.2, 0) is 23.8 Å². The molecule has 0 aliphatic heterocycles. The van der Waals surface area contributed by atoms with Crippen LogP contribution in [-0.4, -0.2) is 63.5 Å². The van der Waals surface area contributed by atoms with Crippen LogP contribution in [0.1, 0.15) is 98.3 Å². The second-order valence-corrected chi connectivity index (χ2v) is 14.6. The molecule has 0 heterocycles. The highest BCUT2D eigenvalue weighted by Crippen LogP contribution is 2.68. The summed E-state index contributed by atoms with van der Waals surface area (Å²) in [5.41, 5.74) is 14.8. The van der Waals surface area contributed by atoms with Crippen LogP contribution in [0.25, 0.3) is 10.4 Å². The molecule has 244 valence electrons. The number of hydrogen-bond acceptors (Lipinski definition) is 7. The Kier molecular flexibility index (Phi) is 12.2. The van der Waals surface area contributed by atoms with Gasteiger partial charge in [-0.25, -0.2) is 0 Å². The van der Waals surface area contributed by atoms with E-state index >= 15 is 0 Å². The van der Waals surface area contributed by atoms with Crippen LogP contribution in [0.5, 0.6) is 0 Å². The second kappa shape index (κ2) is 15.4. The van der Waals surface area contributed by atoms with Crippen molar-refractivity contribution in [3.63, 3.8) is 0 Å². The summed E-state index contributed by atoms with van der Waals surface area (Å²) in [4.78, 5) is 27.4. The normalized spacial score (nSPS) is 36.3. The molecule has 4 fully saturated rings. The number of ether oxygens (including phenoxy) is 3. The zero-order chi connectivity index (χ0) is 31.0. The van der Waals surface area contributed by atoms with Gasteiger partial charge in [-0.15, -0.1) is 0 Å². The van der Waals surface area contributed by atoms with E-state index in [1.54, 1.807) is 6.92 Å². The van der Waals surface area contributed by atoms with Crippen LogP contribution in [0.4, 0.5) is 0 Å². The molecule has 4 rings (SSSR count). The first-order valence-corrected chi connectivity index (χ1v) is 17.0. The molecule has 4 aliphatic carbocycles. The Hall–Kier alpha value is -1.87. The van der Waals surface area contributed by atoms with Gasteiger partial charge in [0.15, 0.2) is 0 Å². The third-order valence-corrected chi connectivity index (χ3v) is 12.3. The van der Waals surface area contributed by atoms with Gasteiger partial charge in [0.1, 0.15) is 6.61 Å². The Labute approximate surface area is 258 Å². The Morgan fingerprint density at radius 2 is 1.65 bits per heavy atom. The number of hydrogen-bond donors (Lipinski definition) is 2. The average molecular weight is 604 g/mol. The third kappa shape index (κ3) is 8.05. The van der Waals surface area contributed by atoms with Gasteiger partial charge in [-0.1, -0.05) is 25.9 Å². The van der Waals surface area contributed by atoms with E-state index in [1.165, 1.54) is 44.9 Å². The maximum absolute atomic E-state index is 12.5. The molecule has 43 heavy (non-hydrogen) atoms. The summed E-state index contributed by atoms with van der Waals surface area (Å²) in [5, 5.41) is 6.64. The summed E-state index contributed by atoms with van der Waals surface area (Å²) in [6.07, 6.45) is 12.6. The fourth-order valence-corrected chi connectivity index (χ4v) is 10.0. The SMILES string of the molecule is C[C@H](N)C(=O)N[C@@H]1CC[C@]2(C)C3CC[C@@]4(C)C(CCC4[C@H](C)CCC(=O)OCCOCCOCCN=[N+]=[N-])C3CC[C@@H]2C1. The zero-order valence-electron chi connectivity index (χ0n) is 27.1. The van der Waals surface area contributed by atoms with Gasteiger partial charge in [-0.05, 0) is 123 Å². The molecular formula is C33H57N5O5. The lowest BCUT2D eigenvalue weighted by molar-refractivity contribution is -0.146. The maximum Gasteiger partial charge on any atom is 0.305 e. The number of esters is 1. The van der Waals surface area contributed by atoms with Crippen molar-refractivity contribution in [2.24, 2.45) is 57.2 Å². The van der Waals surface area contributed by atoms with E-state index in [4.69, 9.17) is 25.5 Å². The first-order chi connectivity index (χ1) is 20.6. The Bertz CT molecular complexity index is 989. The molecule has 4 aliphatic rings. The number of carbonyl (C=O) groups excluding carboxylic acids is 2. The molecule has 0 spiro atoms. The number of carbonyl (C=O) groups is 2. The molecule has 10 nitrogen and oxygen atoms in total. The predicted molar refractivity (Wildman–Crippen MR) is 166 cm³/mol. The zero-order valence-corrected chi connectivity index (χ0v) is 27.1. The smallest absolute Gasteiger partial charge is 0.305 e. The summed E-state index contributed by atoms with van der Waals surface area (Å²) in [6, 6.07) is -0.164. The third-order valence-electron chi connectivity index (χ3n) is 12.3. The van der Waals surface area contributed by atoms with Crippen LogP contribution in [0.2, 0.25) is 0 Å². The second-order valence-electron chi connectivity index (χ2n) is 14.6. The Morgan fingerprint density at radius 1 is 0.953 bits per heavy atom. The number of azide groups is 1. The molecule has 10 heteroatoms.